The number of nitro groups is 1. The number of hydrogen-bond acceptors (Lipinski definition) is 7. The fraction of sp³-hybridized carbons (Fsp3) is 0.167. The Bertz CT molecular complexity index is 1400. The minimum absolute atomic E-state index is 0.0309. The van der Waals surface area contributed by atoms with E-state index < -0.39 is 4.92 Å². The van der Waals surface area contributed by atoms with Crippen molar-refractivity contribution in [2.24, 2.45) is 0 Å². The monoisotopic (exact) mass is 461 g/mol. The van der Waals surface area contributed by atoms with E-state index in [1.165, 1.54) is 23.9 Å². The molecule has 166 valence electrons. The van der Waals surface area contributed by atoms with Gasteiger partial charge in [-0.05, 0) is 29.8 Å². The number of para-hydroxylation sites is 3. The van der Waals surface area contributed by atoms with Crippen molar-refractivity contribution in [2.75, 3.05) is 6.61 Å². The van der Waals surface area contributed by atoms with Gasteiger partial charge in [0.25, 0.3) is 11.2 Å². The third-order valence-electron chi connectivity index (χ3n) is 5.27. The predicted octanol–water partition coefficient (Wildman–Crippen LogP) is 4.44. The first-order valence-electron chi connectivity index (χ1n) is 10.3. The van der Waals surface area contributed by atoms with Crippen molar-refractivity contribution in [1.82, 2.24) is 9.55 Å². The van der Waals surface area contributed by atoms with E-state index in [0.29, 0.717) is 39.9 Å². The molecule has 33 heavy (non-hydrogen) atoms. The number of fused-ring (bicyclic) bond motifs is 2. The van der Waals surface area contributed by atoms with Crippen molar-refractivity contribution < 1.29 is 14.4 Å². The minimum Gasteiger partial charge on any atom is -0.486 e. The van der Waals surface area contributed by atoms with Crippen LogP contribution in [-0.4, -0.2) is 27.2 Å². The second-order valence-corrected chi connectivity index (χ2v) is 8.48. The molecule has 0 fully saturated rings. The van der Waals surface area contributed by atoms with E-state index in [1.54, 1.807) is 22.8 Å². The average Bonchev–Trinajstić information content (AvgIpc) is 2.85. The van der Waals surface area contributed by atoms with Crippen LogP contribution in [-0.2, 0) is 12.3 Å². The van der Waals surface area contributed by atoms with E-state index in [2.05, 4.69) is 0 Å². The maximum Gasteiger partial charge on any atom is 0.269 e. The van der Waals surface area contributed by atoms with Gasteiger partial charge in [-0.25, -0.2) is 4.98 Å². The van der Waals surface area contributed by atoms with Crippen molar-refractivity contribution in [1.29, 1.82) is 0 Å². The highest BCUT2D eigenvalue weighted by Gasteiger charge is 2.23. The number of nitrogens with zero attached hydrogens (tertiary/aromatic N) is 3. The summed E-state index contributed by atoms with van der Waals surface area (Å²) in [5.74, 6) is 1.75. The predicted molar refractivity (Wildman–Crippen MR) is 125 cm³/mol. The molecule has 0 bridgehead atoms. The summed E-state index contributed by atoms with van der Waals surface area (Å²) in [6.45, 7) is 0.577. The summed E-state index contributed by atoms with van der Waals surface area (Å²) in [7, 11) is 0. The Labute approximate surface area is 192 Å². The molecule has 9 heteroatoms. The summed E-state index contributed by atoms with van der Waals surface area (Å²) >= 11 is 1.36. The van der Waals surface area contributed by atoms with Gasteiger partial charge in [0, 0.05) is 17.9 Å². The molecule has 0 spiro atoms. The number of thioether (sulfide) groups is 1. The van der Waals surface area contributed by atoms with Crippen LogP contribution in [0.2, 0.25) is 0 Å². The van der Waals surface area contributed by atoms with Crippen LogP contribution < -0.4 is 15.0 Å². The molecule has 8 nitrogen and oxygen atoms in total. The first-order chi connectivity index (χ1) is 16.1. The Kier molecular flexibility index (Phi) is 5.70. The molecule has 0 saturated carbocycles. The van der Waals surface area contributed by atoms with Crippen molar-refractivity contribution in [3.05, 3.63) is 98.8 Å². The molecular weight excluding hydrogens is 442 g/mol. The summed E-state index contributed by atoms with van der Waals surface area (Å²) in [5, 5.41) is 12.1. The molecule has 0 unspecified atom stereocenters. The van der Waals surface area contributed by atoms with Gasteiger partial charge in [-0.15, -0.1) is 0 Å². The highest BCUT2D eigenvalue weighted by Crippen LogP contribution is 2.32. The van der Waals surface area contributed by atoms with Gasteiger partial charge < -0.3 is 9.47 Å². The molecule has 0 amide bonds. The van der Waals surface area contributed by atoms with Crippen LogP contribution in [0, 0.1) is 10.1 Å². The molecule has 2 heterocycles. The molecule has 1 aromatic heterocycles. The Morgan fingerprint density at radius 2 is 1.85 bits per heavy atom. The molecule has 1 atom stereocenters. The van der Waals surface area contributed by atoms with Gasteiger partial charge in [0.1, 0.15) is 6.61 Å². The SMILES string of the molecule is O=c1c2ccccc2nc(SCc2cccc([N+](=O)[O-])c2)n1C[C@@H]1COc2ccccc2O1. The minimum atomic E-state index is -0.420. The van der Waals surface area contributed by atoms with Crippen molar-refractivity contribution in [3.63, 3.8) is 0 Å². The van der Waals surface area contributed by atoms with Crippen molar-refractivity contribution >= 4 is 28.4 Å². The fourth-order valence-electron chi connectivity index (χ4n) is 3.68. The molecule has 1 aliphatic rings. The third kappa shape index (κ3) is 4.40. The zero-order valence-corrected chi connectivity index (χ0v) is 18.2. The number of nitro benzene ring substituents is 1. The lowest BCUT2D eigenvalue weighted by Crippen LogP contribution is -2.37. The van der Waals surface area contributed by atoms with Crippen LogP contribution in [0.15, 0.2) is 82.7 Å². The van der Waals surface area contributed by atoms with E-state index >= 15 is 0 Å². The topological polar surface area (TPSA) is 96.5 Å². The molecule has 0 radical (unpaired) electrons. The molecule has 3 aromatic carbocycles. The number of non-ortho nitro benzene ring substituents is 1. The van der Waals surface area contributed by atoms with Gasteiger partial charge in [-0.1, -0.05) is 48.2 Å². The zero-order valence-electron chi connectivity index (χ0n) is 17.4. The maximum atomic E-state index is 13.3. The van der Waals surface area contributed by atoms with Gasteiger partial charge in [0.05, 0.1) is 22.4 Å². The largest absolute Gasteiger partial charge is 0.486 e. The van der Waals surface area contributed by atoms with E-state index in [0.717, 1.165) is 5.56 Å². The first kappa shape index (κ1) is 21.0. The van der Waals surface area contributed by atoms with Crippen LogP contribution in [0.1, 0.15) is 5.56 Å². The molecule has 5 rings (SSSR count). The normalized spacial score (nSPS) is 14.8. The smallest absolute Gasteiger partial charge is 0.269 e. The van der Waals surface area contributed by atoms with Crippen LogP contribution >= 0.6 is 11.8 Å². The summed E-state index contributed by atoms with van der Waals surface area (Å²) in [4.78, 5) is 28.7. The molecular formula is C24H19N3O5S. The highest BCUT2D eigenvalue weighted by atomic mass is 32.2. The molecule has 4 aromatic rings. The first-order valence-corrected chi connectivity index (χ1v) is 11.3. The van der Waals surface area contributed by atoms with Crippen molar-refractivity contribution in [3.8, 4) is 11.5 Å². The quantitative estimate of drug-likeness (QED) is 0.181. The second kappa shape index (κ2) is 8.95. The van der Waals surface area contributed by atoms with Gasteiger partial charge in [0.2, 0.25) is 0 Å². The van der Waals surface area contributed by atoms with E-state index in [4.69, 9.17) is 14.5 Å². The van der Waals surface area contributed by atoms with Gasteiger partial charge >= 0.3 is 0 Å². The highest BCUT2D eigenvalue weighted by molar-refractivity contribution is 7.98. The van der Waals surface area contributed by atoms with Crippen LogP contribution in [0.5, 0.6) is 11.5 Å². The lowest BCUT2D eigenvalue weighted by molar-refractivity contribution is -0.384. The van der Waals surface area contributed by atoms with Gasteiger partial charge in [-0.2, -0.15) is 0 Å². The zero-order chi connectivity index (χ0) is 22.8. The second-order valence-electron chi connectivity index (χ2n) is 7.54. The standard InChI is InChI=1S/C24H19N3O5S/c28-23-19-8-1-2-9-20(19)25-24(33-15-16-6-5-7-17(12-16)27(29)30)26(23)13-18-14-31-21-10-3-4-11-22(21)32-18/h1-12,18H,13-15H2/t18-/m1/s1. The fourth-order valence-corrected chi connectivity index (χ4v) is 4.63. The Morgan fingerprint density at radius 1 is 1.06 bits per heavy atom. The molecule has 0 N–H and O–H groups in total. The lowest BCUT2D eigenvalue weighted by atomic mass is 10.2. The third-order valence-corrected chi connectivity index (χ3v) is 6.32. The van der Waals surface area contributed by atoms with E-state index in [-0.39, 0.29) is 23.9 Å². The lowest BCUT2D eigenvalue weighted by Gasteiger charge is -2.27. The summed E-state index contributed by atoms with van der Waals surface area (Å²) < 4.78 is 13.5. The van der Waals surface area contributed by atoms with Crippen molar-refractivity contribution in [2.45, 2.75) is 23.6 Å². The number of hydrogen-bond donors (Lipinski definition) is 0. The Balaban J connectivity index is 1.46. The van der Waals surface area contributed by atoms with E-state index in [9.17, 15) is 14.9 Å². The average molecular weight is 461 g/mol. The van der Waals surface area contributed by atoms with Gasteiger partial charge in [0.15, 0.2) is 22.8 Å². The number of aromatic nitrogens is 2. The number of ether oxygens (including phenoxy) is 2. The molecule has 1 aliphatic heterocycles. The van der Waals surface area contributed by atoms with E-state index in [1.807, 2.05) is 42.5 Å². The number of rotatable bonds is 6. The summed E-state index contributed by atoms with van der Waals surface area (Å²) in [6.07, 6.45) is -0.363. The summed E-state index contributed by atoms with van der Waals surface area (Å²) in [5.41, 5.74) is 1.24. The maximum absolute atomic E-state index is 13.3. The summed E-state index contributed by atoms with van der Waals surface area (Å²) in [6, 6.07) is 21.1. The van der Waals surface area contributed by atoms with Crippen LogP contribution in [0.3, 0.4) is 0 Å². The Morgan fingerprint density at radius 3 is 2.70 bits per heavy atom. The molecule has 0 saturated heterocycles. The molecule has 0 aliphatic carbocycles. The van der Waals surface area contributed by atoms with Gasteiger partial charge in [-0.3, -0.25) is 19.5 Å². The van der Waals surface area contributed by atoms with Crippen LogP contribution in [0.4, 0.5) is 5.69 Å². The number of benzene rings is 3. The van der Waals surface area contributed by atoms with Crippen LogP contribution in [0.25, 0.3) is 10.9 Å². The Hall–Kier alpha value is -3.85.